The van der Waals surface area contributed by atoms with Crippen LogP contribution in [0, 0.1) is 5.92 Å². The second kappa shape index (κ2) is 9.62. The number of ether oxygens (including phenoxy) is 2. The summed E-state index contributed by atoms with van der Waals surface area (Å²) in [5, 5.41) is 2.90. The number of hydrogen-bond acceptors (Lipinski definition) is 4. The third kappa shape index (κ3) is 4.37. The lowest BCUT2D eigenvalue weighted by atomic mass is 9.74. The van der Waals surface area contributed by atoms with Crippen LogP contribution in [0.4, 0.5) is 0 Å². The van der Waals surface area contributed by atoms with Crippen LogP contribution in [0.2, 0.25) is 0 Å². The summed E-state index contributed by atoms with van der Waals surface area (Å²) in [6, 6.07) is 25.4. The van der Waals surface area contributed by atoms with E-state index in [9.17, 15) is 4.79 Å². The molecule has 0 bridgehead atoms. The van der Waals surface area contributed by atoms with Crippen molar-refractivity contribution in [1.29, 1.82) is 0 Å². The Kier molecular flexibility index (Phi) is 6.18. The van der Waals surface area contributed by atoms with Gasteiger partial charge in [0.2, 0.25) is 0 Å². The number of benzene rings is 3. The third-order valence-corrected chi connectivity index (χ3v) is 8.53. The number of nitrogens with zero attached hydrogens (tertiary/aromatic N) is 1. The second-order valence-corrected chi connectivity index (χ2v) is 10.4. The first-order valence-electron chi connectivity index (χ1n) is 13.1. The Morgan fingerprint density at radius 1 is 1.00 bits per heavy atom. The highest BCUT2D eigenvalue weighted by Gasteiger charge is 2.58. The van der Waals surface area contributed by atoms with Crippen LogP contribution in [0.5, 0.6) is 11.5 Å². The molecule has 5 heteroatoms. The van der Waals surface area contributed by atoms with E-state index in [1.54, 1.807) is 7.11 Å². The van der Waals surface area contributed by atoms with Gasteiger partial charge in [-0.05, 0) is 79.1 Å². The summed E-state index contributed by atoms with van der Waals surface area (Å²) < 4.78 is 11.9. The second-order valence-electron chi connectivity index (χ2n) is 10.4. The summed E-state index contributed by atoms with van der Waals surface area (Å²) in [5.74, 6) is 2.50. The van der Waals surface area contributed by atoms with Crippen molar-refractivity contribution in [2.75, 3.05) is 26.8 Å². The smallest absolute Gasteiger partial charge is 0.252 e. The van der Waals surface area contributed by atoms with Crippen LogP contribution in [0.25, 0.3) is 0 Å². The molecule has 36 heavy (non-hydrogen) atoms. The van der Waals surface area contributed by atoms with E-state index in [0.29, 0.717) is 25.0 Å². The van der Waals surface area contributed by atoms with Gasteiger partial charge in [-0.1, -0.05) is 48.5 Å². The predicted molar refractivity (Wildman–Crippen MR) is 141 cm³/mol. The van der Waals surface area contributed by atoms with Crippen molar-refractivity contribution in [2.24, 2.45) is 5.92 Å². The summed E-state index contributed by atoms with van der Waals surface area (Å²) in [5.41, 5.74) is 4.74. The van der Waals surface area contributed by atoms with E-state index >= 15 is 0 Å². The maximum Gasteiger partial charge on any atom is 0.252 e. The van der Waals surface area contributed by atoms with Gasteiger partial charge in [-0.3, -0.25) is 9.69 Å². The fourth-order valence-corrected chi connectivity index (χ4v) is 6.38. The molecule has 3 aromatic rings. The minimum atomic E-state index is -0.00465. The molecule has 1 spiro atoms. The van der Waals surface area contributed by atoms with Gasteiger partial charge in [0.1, 0.15) is 11.5 Å². The lowest BCUT2D eigenvalue weighted by molar-refractivity contribution is 0.0297. The molecular formula is C31H34N2O3. The molecule has 1 aliphatic carbocycles. The Hall–Kier alpha value is -3.31. The van der Waals surface area contributed by atoms with Gasteiger partial charge in [0.25, 0.3) is 5.91 Å². The molecule has 1 saturated carbocycles. The highest BCUT2D eigenvalue weighted by Crippen LogP contribution is 2.56. The number of hydrogen-bond donors (Lipinski definition) is 1. The standard InChI is InChI=1S/C31H34N2O3/c1-35-25-10-7-23(8-11-25)27-14-18-33(17-13-22-5-3-2-4-6-22)31(15-16-31)29(27)21-36-26-12-9-24-20-32-30(34)28(24)19-26/h2-12,19,27,29H,13-18,20-21H2,1H3,(H,32,34)/t27-,29?/m1/s1. The molecule has 1 N–H and O–H groups in total. The molecule has 1 saturated heterocycles. The zero-order valence-electron chi connectivity index (χ0n) is 20.9. The third-order valence-electron chi connectivity index (χ3n) is 8.53. The summed E-state index contributed by atoms with van der Waals surface area (Å²) in [6.45, 7) is 3.45. The van der Waals surface area contributed by atoms with Crippen LogP contribution >= 0.6 is 0 Å². The van der Waals surface area contributed by atoms with Gasteiger partial charge in [0, 0.05) is 30.1 Å². The number of rotatable bonds is 8. The van der Waals surface area contributed by atoms with Crippen molar-refractivity contribution < 1.29 is 14.3 Å². The zero-order valence-corrected chi connectivity index (χ0v) is 20.9. The van der Waals surface area contributed by atoms with Gasteiger partial charge in [-0.2, -0.15) is 0 Å². The van der Waals surface area contributed by atoms with Gasteiger partial charge in [0.05, 0.1) is 13.7 Å². The van der Waals surface area contributed by atoms with Crippen molar-refractivity contribution in [3.63, 3.8) is 0 Å². The number of carbonyl (C=O) groups excluding carboxylic acids is 1. The molecule has 6 rings (SSSR count). The first kappa shape index (κ1) is 23.1. The van der Waals surface area contributed by atoms with E-state index in [2.05, 4.69) is 64.8 Å². The van der Waals surface area contributed by atoms with Gasteiger partial charge in [0.15, 0.2) is 0 Å². The van der Waals surface area contributed by atoms with Gasteiger partial charge in [-0.15, -0.1) is 0 Å². The zero-order chi connectivity index (χ0) is 24.5. The minimum absolute atomic E-state index is 0.00465. The number of carbonyl (C=O) groups is 1. The molecule has 3 aliphatic rings. The quantitative estimate of drug-likeness (QED) is 0.480. The normalized spacial score (nSPS) is 22.2. The van der Waals surface area contributed by atoms with Crippen LogP contribution in [0.3, 0.4) is 0 Å². The Morgan fingerprint density at radius 2 is 1.78 bits per heavy atom. The summed E-state index contributed by atoms with van der Waals surface area (Å²) >= 11 is 0. The first-order valence-corrected chi connectivity index (χ1v) is 13.1. The number of methoxy groups -OCH3 is 1. The lowest BCUT2D eigenvalue weighted by Gasteiger charge is -2.47. The molecule has 2 atom stereocenters. The highest BCUT2D eigenvalue weighted by atomic mass is 16.5. The molecule has 1 unspecified atom stereocenters. The summed E-state index contributed by atoms with van der Waals surface area (Å²) in [7, 11) is 1.72. The maximum absolute atomic E-state index is 12.2. The van der Waals surface area contributed by atoms with Crippen molar-refractivity contribution in [3.05, 3.63) is 95.1 Å². The number of amides is 1. The van der Waals surface area contributed by atoms with Crippen LogP contribution in [-0.4, -0.2) is 43.2 Å². The Labute approximate surface area is 213 Å². The molecule has 2 heterocycles. The van der Waals surface area contributed by atoms with Crippen LogP contribution in [0.15, 0.2) is 72.8 Å². The van der Waals surface area contributed by atoms with E-state index in [4.69, 9.17) is 9.47 Å². The Bertz CT molecular complexity index is 1220. The topological polar surface area (TPSA) is 50.8 Å². The summed E-state index contributed by atoms with van der Waals surface area (Å²) in [6.07, 6.45) is 4.62. The van der Waals surface area contributed by atoms with Crippen molar-refractivity contribution >= 4 is 5.91 Å². The molecule has 186 valence electrons. The molecule has 3 aromatic carbocycles. The SMILES string of the molecule is COc1ccc([C@H]2CCN(CCc3ccccc3)C3(CC3)C2COc2ccc3c(c2)C(=O)NC3)cc1. The molecular weight excluding hydrogens is 448 g/mol. The molecule has 0 aromatic heterocycles. The lowest BCUT2D eigenvalue weighted by Crippen LogP contribution is -2.53. The average Bonchev–Trinajstić information content (AvgIpc) is 3.63. The fraction of sp³-hybridized carbons (Fsp3) is 0.387. The number of nitrogens with one attached hydrogen (secondary N) is 1. The molecule has 1 amide bonds. The van der Waals surface area contributed by atoms with Crippen molar-refractivity contribution in [3.8, 4) is 11.5 Å². The maximum atomic E-state index is 12.2. The van der Waals surface area contributed by atoms with Crippen LogP contribution < -0.4 is 14.8 Å². The number of fused-ring (bicyclic) bond motifs is 1. The largest absolute Gasteiger partial charge is 0.497 e. The van der Waals surface area contributed by atoms with Crippen LogP contribution in [-0.2, 0) is 13.0 Å². The van der Waals surface area contributed by atoms with Gasteiger partial charge < -0.3 is 14.8 Å². The minimum Gasteiger partial charge on any atom is -0.497 e. The van der Waals surface area contributed by atoms with Gasteiger partial charge in [-0.25, -0.2) is 0 Å². The number of piperidine rings is 1. The monoisotopic (exact) mass is 482 g/mol. The van der Waals surface area contributed by atoms with Crippen molar-refractivity contribution in [2.45, 2.75) is 43.7 Å². The van der Waals surface area contributed by atoms with Crippen LogP contribution in [0.1, 0.15) is 52.2 Å². The predicted octanol–water partition coefficient (Wildman–Crippen LogP) is 5.20. The summed E-state index contributed by atoms with van der Waals surface area (Å²) in [4.78, 5) is 14.9. The first-order chi connectivity index (χ1) is 17.7. The van der Waals surface area contributed by atoms with E-state index in [-0.39, 0.29) is 11.4 Å². The Balaban J connectivity index is 1.24. The fourth-order valence-electron chi connectivity index (χ4n) is 6.38. The van der Waals surface area contributed by atoms with Gasteiger partial charge >= 0.3 is 0 Å². The van der Waals surface area contributed by atoms with E-state index in [1.165, 1.54) is 24.0 Å². The average molecular weight is 483 g/mol. The van der Waals surface area contributed by atoms with E-state index in [1.807, 2.05) is 18.2 Å². The molecule has 2 fully saturated rings. The highest BCUT2D eigenvalue weighted by molar-refractivity contribution is 5.98. The van der Waals surface area contributed by atoms with E-state index in [0.717, 1.165) is 48.6 Å². The molecule has 0 radical (unpaired) electrons. The molecule has 5 nitrogen and oxygen atoms in total. The van der Waals surface area contributed by atoms with Crippen molar-refractivity contribution in [1.82, 2.24) is 10.2 Å². The Morgan fingerprint density at radius 3 is 2.53 bits per heavy atom. The molecule has 2 aliphatic heterocycles. The van der Waals surface area contributed by atoms with E-state index < -0.39 is 0 Å². The number of likely N-dealkylation sites (tertiary alicyclic amines) is 1.